The summed E-state index contributed by atoms with van der Waals surface area (Å²) < 4.78 is 32.9. The molecular weight excluding hydrogens is 248 g/mol. The summed E-state index contributed by atoms with van der Waals surface area (Å²) in [6.45, 7) is 2.34. The predicted octanol–water partition coefficient (Wildman–Crippen LogP) is 3.62. The van der Waals surface area contributed by atoms with Crippen molar-refractivity contribution in [3.05, 3.63) is 34.9 Å². The molecule has 0 amide bonds. The first-order valence-electron chi connectivity index (χ1n) is 6.91. The number of halogens is 2. The number of ether oxygens (including phenoxy) is 1. The number of hydrogen-bond acceptors (Lipinski definition) is 2. The van der Waals surface area contributed by atoms with E-state index < -0.39 is 17.7 Å². The molecule has 1 aliphatic heterocycles. The molecule has 0 saturated carbocycles. The molecular formula is C15H21F2NO. The van der Waals surface area contributed by atoms with Gasteiger partial charge in [-0.15, -0.1) is 0 Å². The predicted molar refractivity (Wildman–Crippen MR) is 70.8 cm³/mol. The van der Waals surface area contributed by atoms with Crippen LogP contribution < -0.4 is 5.73 Å². The van der Waals surface area contributed by atoms with Crippen LogP contribution in [-0.2, 0) is 4.74 Å². The van der Waals surface area contributed by atoms with E-state index in [4.69, 9.17) is 10.5 Å². The van der Waals surface area contributed by atoms with Gasteiger partial charge in [0.25, 0.3) is 0 Å². The Kier molecular flexibility index (Phi) is 4.88. The van der Waals surface area contributed by atoms with E-state index in [1.807, 2.05) is 0 Å². The van der Waals surface area contributed by atoms with E-state index in [0.29, 0.717) is 12.0 Å². The zero-order valence-electron chi connectivity index (χ0n) is 11.3. The second kappa shape index (κ2) is 6.44. The van der Waals surface area contributed by atoms with Gasteiger partial charge < -0.3 is 10.5 Å². The molecule has 1 aliphatic rings. The Balaban J connectivity index is 1.95. The molecule has 106 valence electrons. The first kappa shape index (κ1) is 14.4. The molecule has 2 rings (SSSR count). The van der Waals surface area contributed by atoms with Crippen molar-refractivity contribution in [2.45, 2.75) is 51.2 Å². The van der Waals surface area contributed by atoms with Gasteiger partial charge in [0, 0.05) is 18.2 Å². The molecule has 1 saturated heterocycles. The van der Waals surface area contributed by atoms with E-state index in [2.05, 4.69) is 0 Å². The summed E-state index contributed by atoms with van der Waals surface area (Å²) in [6, 6.07) is 2.69. The largest absolute Gasteiger partial charge is 0.378 e. The average Bonchev–Trinajstić information content (AvgIpc) is 2.43. The maximum Gasteiger partial charge on any atom is 0.163 e. The van der Waals surface area contributed by atoms with Crippen molar-refractivity contribution in [2.24, 2.45) is 5.73 Å². The van der Waals surface area contributed by atoms with Crippen molar-refractivity contribution in [1.82, 2.24) is 0 Å². The highest BCUT2D eigenvalue weighted by molar-refractivity contribution is 5.27. The third-order valence-corrected chi connectivity index (χ3v) is 3.78. The van der Waals surface area contributed by atoms with Crippen LogP contribution in [0, 0.1) is 18.6 Å². The second-order valence-electron chi connectivity index (χ2n) is 5.27. The van der Waals surface area contributed by atoms with Crippen LogP contribution in [0.4, 0.5) is 8.78 Å². The normalized spacial score (nSPS) is 21.4. The highest BCUT2D eigenvalue weighted by Crippen LogP contribution is 2.25. The van der Waals surface area contributed by atoms with Crippen LogP contribution in [0.5, 0.6) is 0 Å². The zero-order chi connectivity index (χ0) is 13.8. The number of benzene rings is 1. The summed E-state index contributed by atoms with van der Waals surface area (Å²) in [4.78, 5) is 0. The Morgan fingerprint density at radius 2 is 2.11 bits per heavy atom. The number of hydrogen-bond donors (Lipinski definition) is 1. The molecule has 0 radical (unpaired) electrons. The monoisotopic (exact) mass is 269 g/mol. The zero-order valence-corrected chi connectivity index (χ0v) is 11.3. The molecule has 2 atom stereocenters. The maximum absolute atomic E-state index is 13.8. The van der Waals surface area contributed by atoms with Crippen molar-refractivity contribution < 1.29 is 13.5 Å². The van der Waals surface area contributed by atoms with Gasteiger partial charge in [0.05, 0.1) is 6.10 Å². The van der Waals surface area contributed by atoms with Crippen LogP contribution in [0.15, 0.2) is 12.1 Å². The second-order valence-corrected chi connectivity index (χ2v) is 5.27. The fraction of sp³-hybridized carbons (Fsp3) is 0.600. The molecule has 1 fully saturated rings. The number of nitrogens with two attached hydrogens (primary N) is 1. The standard InChI is InChI=1S/C15H21F2NO/c1-10-5-7-12(15(17)14(10)16)13(18)8-6-11-4-2-3-9-19-11/h5,7,11,13H,2-4,6,8-9,18H2,1H3. The minimum atomic E-state index is -0.808. The lowest BCUT2D eigenvalue weighted by molar-refractivity contribution is 0.00907. The molecule has 1 aromatic carbocycles. The summed E-state index contributed by atoms with van der Waals surface area (Å²) in [5.74, 6) is -1.60. The van der Waals surface area contributed by atoms with Crippen molar-refractivity contribution in [2.75, 3.05) is 6.61 Å². The third kappa shape index (κ3) is 3.51. The molecule has 2 unspecified atom stereocenters. The highest BCUT2D eigenvalue weighted by Gasteiger charge is 2.19. The van der Waals surface area contributed by atoms with E-state index in [1.54, 1.807) is 19.1 Å². The van der Waals surface area contributed by atoms with E-state index in [1.165, 1.54) is 6.42 Å². The van der Waals surface area contributed by atoms with Crippen LogP contribution in [-0.4, -0.2) is 12.7 Å². The summed E-state index contributed by atoms with van der Waals surface area (Å²) in [5.41, 5.74) is 6.54. The quantitative estimate of drug-likeness (QED) is 0.906. The Hall–Kier alpha value is -1.00. The van der Waals surface area contributed by atoms with Gasteiger partial charge >= 0.3 is 0 Å². The molecule has 2 N–H and O–H groups in total. The Bertz CT molecular complexity index is 430. The van der Waals surface area contributed by atoms with Gasteiger partial charge in [-0.2, -0.15) is 0 Å². The van der Waals surface area contributed by atoms with E-state index >= 15 is 0 Å². The average molecular weight is 269 g/mol. The Labute approximate surface area is 112 Å². The third-order valence-electron chi connectivity index (χ3n) is 3.78. The van der Waals surface area contributed by atoms with E-state index in [0.717, 1.165) is 25.9 Å². The summed E-state index contributed by atoms with van der Waals surface area (Å²) >= 11 is 0. The van der Waals surface area contributed by atoms with Crippen LogP contribution in [0.1, 0.15) is 49.3 Å². The number of rotatable bonds is 4. The first-order chi connectivity index (χ1) is 9.09. The van der Waals surface area contributed by atoms with Crippen LogP contribution >= 0.6 is 0 Å². The molecule has 2 nitrogen and oxygen atoms in total. The van der Waals surface area contributed by atoms with Gasteiger partial charge in [0.15, 0.2) is 11.6 Å². The minimum Gasteiger partial charge on any atom is -0.378 e. The van der Waals surface area contributed by atoms with Crippen molar-refractivity contribution >= 4 is 0 Å². The van der Waals surface area contributed by atoms with Crippen molar-refractivity contribution in [1.29, 1.82) is 0 Å². The van der Waals surface area contributed by atoms with E-state index in [9.17, 15) is 8.78 Å². The Morgan fingerprint density at radius 1 is 1.32 bits per heavy atom. The highest BCUT2D eigenvalue weighted by atomic mass is 19.2. The van der Waals surface area contributed by atoms with Gasteiger partial charge in [0.2, 0.25) is 0 Å². The van der Waals surface area contributed by atoms with Gasteiger partial charge in [-0.3, -0.25) is 0 Å². The lowest BCUT2D eigenvalue weighted by atomic mass is 9.96. The molecule has 4 heteroatoms. The summed E-state index contributed by atoms with van der Waals surface area (Å²) in [7, 11) is 0. The minimum absolute atomic E-state index is 0.221. The fourth-order valence-electron chi connectivity index (χ4n) is 2.50. The smallest absolute Gasteiger partial charge is 0.163 e. The van der Waals surface area contributed by atoms with Gasteiger partial charge in [-0.25, -0.2) is 8.78 Å². The maximum atomic E-state index is 13.8. The summed E-state index contributed by atoms with van der Waals surface area (Å²) in [5, 5.41) is 0. The SMILES string of the molecule is Cc1ccc(C(N)CCC2CCCCO2)c(F)c1F. The topological polar surface area (TPSA) is 35.2 Å². The molecule has 19 heavy (non-hydrogen) atoms. The summed E-state index contributed by atoms with van der Waals surface area (Å²) in [6.07, 6.45) is 4.96. The van der Waals surface area contributed by atoms with E-state index in [-0.39, 0.29) is 11.7 Å². The molecule has 0 spiro atoms. The lowest BCUT2D eigenvalue weighted by Crippen LogP contribution is -2.22. The van der Waals surface area contributed by atoms with Crippen molar-refractivity contribution in [3.8, 4) is 0 Å². The van der Waals surface area contributed by atoms with Crippen LogP contribution in [0.25, 0.3) is 0 Å². The Morgan fingerprint density at radius 3 is 2.79 bits per heavy atom. The van der Waals surface area contributed by atoms with Crippen molar-refractivity contribution in [3.63, 3.8) is 0 Å². The first-order valence-corrected chi connectivity index (χ1v) is 6.91. The number of aryl methyl sites for hydroxylation is 1. The fourth-order valence-corrected chi connectivity index (χ4v) is 2.50. The van der Waals surface area contributed by atoms with Gasteiger partial charge in [-0.05, 0) is 44.6 Å². The molecule has 0 aromatic heterocycles. The van der Waals surface area contributed by atoms with Gasteiger partial charge in [0.1, 0.15) is 0 Å². The van der Waals surface area contributed by atoms with Crippen LogP contribution in [0.2, 0.25) is 0 Å². The molecule has 1 heterocycles. The molecule has 0 bridgehead atoms. The molecule has 0 aliphatic carbocycles. The molecule has 1 aromatic rings. The van der Waals surface area contributed by atoms with Crippen LogP contribution in [0.3, 0.4) is 0 Å². The van der Waals surface area contributed by atoms with Gasteiger partial charge in [-0.1, -0.05) is 12.1 Å². The lowest BCUT2D eigenvalue weighted by Gasteiger charge is -2.24.